The number of rotatable bonds is 10. The van der Waals surface area contributed by atoms with E-state index in [-0.39, 0.29) is 25.9 Å². The van der Waals surface area contributed by atoms with Crippen molar-refractivity contribution in [1.82, 2.24) is 10.6 Å². The van der Waals surface area contributed by atoms with Gasteiger partial charge in [0.25, 0.3) is 0 Å². The molecule has 2 fully saturated rings. The van der Waals surface area contributed by atoms with Crippen LogP contribution in [0.15, 0.2) is 0 Å². The lowest BCUT2D eigenvalue weighted by Crippen LogP contribution is -2.58. The van der Waals surface area contributed by atoms with E-state index in [1.807, 2.05) is 0 Å². The zero-order valence-corrected chi connectivity index (χ0v) is 15.6. The van der Waals surface area contributed by atoms with E-state index in [0.717, 1.165) is 0 Å². The fourth-order valence-corrected chi connectivity index (χ4v) is 3.72. The second kappa shape index (κ2) is 11.6. The van der Waals surface area contributed by atoms with E-state index in [0.29, 0.717) is 38.8 Å². The molecule has 10 nitrogen and oxygen atoms in total. The highest BCUT2D eigenvalue weighted by molar-refractivity contribution is 4.94. The lowest BCUT2D eigenvalue weighted by Gasteiger charge is -2.42. The van der Waals surface area contributed by atoms with Gasteiger partial charge < -0.3 is 51.4 Å². The Morgan fingerprint density at radius 2 is 1.81 bits per heavy atom. The zero-order chi connectivity index (χ0) is 19.8. The van der Waals surface area contributed by atoms with Crippen molar-refractivity contribution in [3.8, 4) is 0 Å². The van der Waals surface area contributed by atoms with Crippen molar-refractivity contribution in [1.29, 1.82) is 0 Å². The highest BCUT2D eigenvalue weighted by Crippen LogP contribution is 2.27. The molecule has 7 atom stereocenters. The molecule has 27 heavy (non-hydrogen) atoms. The summed E-state index contributed by atoms with van der Waals surface area (Å²) in [5, 5.41) is 53.8. The summed E-state index contributed by atoms with van der Waals surface area (Å²) in [7, 11) is 0. The van der Waals surface area contributed by atoms with E-state index in [4.69, 9.17) is 20.3 Å². The van der Waals surface area contributed by atoms with Crippen LogP contribution in [0.5, 0.6) is 0 Å². The molecule has 1 heterocycles. The lowest BCUT2D eigenvalue weighted by atomic mass is 9.86. The summed E-state index contributed by atoms with van der Waals surface area (Å²) in [6, 6.07) is -0.989. The average molecular weight is 393 g/mol. The van der Waals surface area contributed by atoms with Gasteiger partial charge in [0.2, 0.25) is 0 Å². The maximum absolute atomic E-state index is 10.5. The molecule has 0 spiro atoms. The zero-order valence-electron chi connectivity index (χ0n) is 15.6. The van der Waals surface area contributed by atoms with E-state index in [1.165, 1.54) is 0 Å². The first kappa shape index (κ1) is 22.9. The van der Waals surface area contributed by atoms with Crippen molar-refractivity contribution in [2.45, 2.75) is 74.5 Å². The van der Waals surface area contributed by atoms with Gasteiger partial charge in [0.1, 0.15) is 6.10 Å². The van der Waals surface area contributed by atoms with Crippen LogP contribution in [0.4, 0.5) is 0 Å². The molecule has 1 aliphatic carbocycles. The summed E-state index contributed by atoms with van der Waals surface area (Å²) in [5.74, 6) is 0. The molecule has 0 aromatic carbocycles. The van der Waals surface area contributed by atoms with E-state index in [9.17, 15) is 20.4 Å². The predicted octanol–water partition coefficient (Wildman–Crippen LogP) is -3.39. The monoisotopic (exact) mass is 393 g/mol. The molecule has 0 radical (unpaired) electrons. The Morgan fingerprint density at radius 1 is 1.07 bits per heavy atom. The van der Waals surface area contributed by atoms with Crippen LogP contribution < -0.4 is 16.4 Å². The Balaban J connectivity index is 1.84. The van der Waals surface area contributed by atoms with Gasteiger partial charge in [-0.2, -0.15) is 0 Å². The van der Waals surface area contributed by atoms with Crippen molar-refractivity contribution in [2.75, 3.05) is 32.9 Å². The molecule has 1 saturated heterocycles. The van der Waals surface area contributed by atoms with Crippen LogP contribution in [0.3, 0.4) is 0 Å². The molecule has 0 amide bonds. The van der Waals surface area contributed by atoms with Crippen molar-refractivity contribution in [3.05, 3.63) is 0 Å². The Hall–Kier alpha value is -0.400. The smallest absolute Gasteiger partial charge is 0.158 e. The third-order valence-electron chi connectivity index (χ3n) is 5.19. The highest BCUT2D eigenvalue weighted by Gasteiger charge is 2.40. The van der Waals surface area contributed by atoms with Gasteiger partial charge in [-0.1, -0.05) is 0 Å². The molecule has 1 saturated carbocycles. The minimum atomic E-state index is -0.800. The summed E-state index contributed by atoms with van der Waals surface area (Å²) in [4.78, 5) is 0. The average Bonchev–Trinajstić information content (AvgIpc) is 2.65. The minimum Gasteiger partial charge on any atom is -0.395 e. The van der Waals surface area contributed by atoms with Crippen LogP contribution in [0, 0.1) is 0 Å². The second-order valence-corrected chi connectivity index (χ2v) is 7.41. The van der Waals surface area contributed by atoms with Gasteiger partial charge in [0.15, 0.2) is 6.29 Å². The quantitative estimate of drug-likeness (QED) is 0.175. The van der Waals surface area contributed by atoms with Crippen LogP contribution in [-0.2, 0) is 9.47 Å². The van der Waals surface area contributed by atoms with Gasteiger partial charge in [-0.3, -0.25) is 0 Å². The number of aliphatic hydroxyl groups is 5. The molecule has 0 aromatic rings. The van der Waals surface area contributed by atoms with Crippen molar-refractivity contribution in [3.63, 3.8) is 0 Å². The summed E-state index contributed by atoms with van der Waals surface area (Å²) in [5.41, 5.74) is 6.20. The van der Waals surface area contributed by atoms with Crippen molar-refractivity contribution < 1.29 is 35.0 Å². The second-order valence-electron chi connectivity index (χ2n) is 7.41. The third kappa shape index (κ3) is 6.86. The van der Waals surface area contributed by atoms with Gasteiger partial charge in [-0.15, -0.1) is 0 Å². The SMILES string of the molecule is NC1CC(NC(CO)CO)CC(O)[C@@H]1O[C@@H]1CC[C@H](O)C(CNCCO)O1. The van der Waals surface area contributed by atoms with Crippen LogP contribution in [0.25, 0.3) is 0 Å². The fourth-order valence-electron chi connectivity index (χ4n) is 3.72. The Morgan fingerprint density at radius 3 is 2.44 bits per heavy atom. The molecule has 0 bridgehead atoms. The van der Waals surface area contributed by atoms with Gasteiger partial charge in [-0.25, -0.2) is 0 Å². The molecule has 9 N–H and O–H groups in total. The summed E-state index contributed by atoms with van der Waals surface area (Å²) < 4.78 is 11.7. The topological polar surface area (TPSA) is 170 Å². The first-order valence-corrected chi connectivity index (χ1v) is 9.70. The molecular formula is C17H35N3O7. The Labute approximate surface area is 159 Å². The first-order chi connectivity index (χ1) is 13.0. The van der Waals surface area contributed by atoms with Crippen LogP contribution in [-0.4, -0.2) is 107 Å². The summed E-state index contributed by atoms with van der Waals surface area (Å²) in [6.07, 6.45) is -1.05. The van der Waals surface area contributed by atoms with Gasteiger partial charge in [-0.05, 0) is 19.3 Å². The molecule has 1 aliphatic heterocycles. The maximum atomic E-state index is 10.5. The Bertz CT molecular complexity index is 404. The predicted molar refractivity (Wildman–Crippen MR) is 96.8 cm³/mol. The molecule has 2 aliphatic rings. The van der Waals surface area contributed by atoms with Crippen LogP contribution in [0.1, 0.15) is 25.7 Å². The van der Waals surface area contributed by atoms with Crippen molar-refractivity contribution in [2.24, 2.45) is 5.73 Å². The van der Waals surface area contributed by atoms with E-state index < -0.39 is 42.8 Å². The highest BCUT2D eigenvalue weighted by atomic mass is 16.7. The third-order valence-corrected chi connectivity index (χ3v) is 5.19. The molecule has 4 unspecified atom stereocenters. The minimum absolute atomic E-state index is 0.00842. The Kier molecular flexibility index (Phi) is 9.80. The lowest BCUT2D eigenvalue weighted by molar-refractivity contribution is -0.255. The maximum Gasteiger partial charge on any atom is 0.158 e. The van der Waals surface area contributed by atoms with E-state index >= 15 is 0 Å². The molecule has 0 aromatic heterocycles. The molecule has 160 valence electrons. The van der Waals surface area contributed by atoms with Crippen LogP contribution in [0.2, 0.25) is 0 Å². The van der Waals surface area contributed by atoms with Gasteiger partial charge >= 0.3 is 0 Å². The summed E-state index contributed by atoms with van der Waals surface area (Å²) >= 11 is 0. The van der Waals surface area contributed by atoms with Crippen LogP contribution >= 0.6 is 0 Å². The largest absolute Gasteiger partial charge is 0.395 e. The number of ether oxygens (including phenoxy) is 2. The standard InChI is InChI=1S/C17H35N3O7/c18-12-5-10(20-11(8-22)9-23)6-14(25)17(12)27-16-2-1-13(24)15(26-16)7-19-3-4-21/h10-17,19-25H,1-9,18H2/t10?,12?,13-,14?,15?,16+,17+/m0/s1. The number of hydrogen-bond acceptors (Lipinski definition) is 10. The van der Waals surface area contributed by atoms with Gasteiger partial charge in [0.05, 0.1) is 44.2 Å². The number of hydrogen-bond donors (Lipinski definition) is 8. The normalized spacial score (nSPS) is 37.7. The first-order valence-electron chi connectivity index (χ1n) is 9.70. The number of nitrogens with one attached hydrogen (secondary N) is 2. The fraction of sp³-hybridized carbons (Fsp3) is 1.00. The van der Waals surface area contributed by atoms with E-state index in [2.05, 4.69) is 10.6 Å². The number of aliphatic hydroxyl groups excluding tert-OH is 5. The summed E-state index contributed by atoms with van der Waals surface area (Å²) in [6.45, 7) is 0.441. The molecular weight excluding hydrogens is 358 g/mol. The van der Waals surface area contributed by atoms with Crippen molar-refractivity contribution >= 4 is 0 Å². The molecule has 2 rings (SSSR count). The number of nitrogens with two attached hydrogens (primary N) is 1. The van der Waals surface area contributed by atoms with Gasteiger partial charge in [0, 0.05) is 31.6 Å². The van der Waals surface area contributed by atoms with E-state index in [1.54, 1.807) is 0 Å². The molecule has 10 heteroatoms.